The lowest BCUT2D eigenvalue weighted by Crippen LogP contribution is -2.19. The third-order valence-corrected chi connectivity index (χ3v) is 6.90. The first-order valence-corrected chi connectivity index (χ1v) is 11.4. The molecule has 7 heteroatoms. The number of hydrogen-bond acceptors (Lipinski definition) is 4. The van der Waals surface area contributed by atoms with E-state index in [9.17, 15) is 9.47 Å². The maximum atomic E-state index is 12.1. The van der Waals surface area contributed by atoms with E-state index in [1.165, 1.54) is 0 Å². The molecule has 6 nitrogen and oxygen atoms in total. The lowest BCUT2D eigenvalue weighted by atomic mass is 10.1. The predicted octanol–water partition coefficient (Wildman–Crippen LogP) is 4.10. The van der Waals surface area contributed by atoms with Gasteiger partial charge in [-0.25, -0.2) is 4.21 Å². The molecule has 156 valence electrons. The largest absolute Gasteiger partial charge is 0.491 e. The van der Waals surface area contributed by atoms with Crippen LogP contribution in [-0.4, -0.2) is 41.4 Å². The van der Waals surface area contributed by atoms with Gasteiger partial charge < -0.3 is 14.0 Å². The van der Waals surface area contributed by atoms with Crippen molar-refractivity contribution in [3.8, 4) is 23.1 Å². The van der Waals surface area contributed by atoms with E-state index in [1.54, 1.807) is 7.11 Å². The second-order valence-corrected chi connectivity index (χ2v) is 8.62. The Bertz CT molecular complexity index is 1120. The van der Waals surface area contributed by atoms with E-state index in [4.69, 9.17) is 9.47 Å². The molecule has 1 atom stereocenters. The molecule has 0 N–H and O–H groups in total. The van der Waals surface area contributed by atoms with Crippen LogP contribution in [0.5, 0.6) is 5.75 Å². The average molecular weight is 424 g/mol. The fraction of sp³-hybridized carbons (Fsp3) is 0.348. The molecule has 0 amide bonds. The minimum atomic E-state index is -0.941. The normalized spacial score (nSPS) is 16.2. The van der Waals surface area contributed by atoms with E-state index in [2.05, 4.69) is 17.6 Å². The minimum absolute atomic E-state index is 0.478. The Kier molecular flexibility index (Phi) is 6.07. The molecule has 2 heterocycles. The summed E-state index contributed by atoms with van der Waals surface area (Å²) in [5.41, 5.74) is 4.47. The van der Waals surface area contributed by atoms with Crippen LogP contribution < -0.4 is 9.04 Å². The number of nitriles is 1. The Labute approximate surface area is 179 Å². The van der Waals surface area contributed by atoms with E-state index >= 15 is 0 Å². The number of nitrogens with zero attached hydrogens (tertiary/aromatic N) is 3. The zero-order valence-corrected chi connectivity index (χ0v) is 18.1. The number of rotatable bonds is 7. The highest BCUT2D eigenvalue weighted by Gasteiger charge is 2.22. The van der Waals surface area contributed by atoms with Gasteiger partial charge in [-0.3, -0.25) is 4.31 Å². The van der Waals surface area contributed by atoms with Crippen LogP contribution in [0, 0.1) is 11.3 Å². The fourth-order valence-electron chi connectivity index (χ4n) is 3.98. The maximum absolute atomic E-state index is 12.1. The SMILES string of the molecule is CCn1c(-c2ccc(N3CCCS3=O)cc2)c(C#N)c2ccc(OCCOC)cc21. The van der Waals surface area contributed by atoms with Gasteiger partial charge in [-0.15, -0.1) is 0 Å². The van der Waals surface area contributed by atoms with Crippen molar-refractivity contribution in [1.29, 1.82) is 5.26 Å². The third kappa shape index (κ3) is 3.69. The van der Waals surface area contributed by atoms with Crippen molar-refractivity contribution >= 4 is 27.6 Å². The summed E-state index contributed by atoms with van der Waals surface area (Å²) in [6.07, 6.45) is 0.950. The van der Waals surface area contributed by atoms with Crippen molar-refractivity contribution in [1.82, 2.24) is 4.57 Å². The summed E-state index contributed by atoms with van der Waals surface area (Å²) in [6, 6.07) is 16.3. The van der Waals surface area contributed by atoms with Crippen LogP contribution in [-0.2, 0) is 22.3 Å². The van der Waals surface area contributed by atoms with Gasteiger partial charge >= 0.3 is 0 Å². The highest BCUT2D eigenvalue weighted by Crippen LogP contribution is 2.36. The van der Waals surface area contributed by atoms with Gasteiger partial charge in [-0.1, -0.05) is 12.1 Å². The Morgan fingerprint density at radius 1 is 1.17 bits per heavy atom. The van der Waals surface area contributed by atoms with Gasteiger partial charge in [-0.2, -0.15) is 5.26 Å². The molecule has 1 aliphatic heterocycles. The monoisotopic (exact) mass is 423 g/mol. The molecule has 0 bridgehead atoms. The summed E-state index contributed by atoms with van der Waals surface area (Å²) in [5.74, 6) is 1.48. The van der Waals surface area contributed by atoms with Gasteiger partial charge in [0.05, 0.1) is 23.4 Å². The smallest absolute Gasteiger partial charge is 0.121 e. The zero-order valence-electron chi connectivity index (χ0n) is 17.3. The fourth-order valence-corrected chi connectivity index (χ4v) is 5.27. The number of ether oxygens (including phenoxy) is 2. The van der Waals surface area contributed by atoms with Gasteiger partial charge in [0, 0.05) is 43.1 Å². The Balaban J connectivity index is 1.76. The van der Waals surface area contributed by atoms with Crippen molar-refractivity contribution in [3.63, 3.8) is 0 Å². The Morgan fingerprint density at radius 3 is 2.60 bits per heavy atom. The highest BCUT2D eigenvalue weighted by molar-refractivity contribution is 7.86. The molecule has 2 aromatic carbocycles. The Hall–Kier alpha value is -2.82. The number of aryl methyl sites for hydroxylation is 1. The van der Waals surface area contributed by atoms with Crippen molar-refractivity contribution < 1.29 is 13.7 Å². The predicted molar refractivity (Wildman–Crippen MR) is 120 cm³/mol. The van der Waals surface area contributed by atoms with Crippen LogP contribution in [0.1, 0.15) is 18.9 Å². The van der Waals surface area contributed by atoms with Crippen molar-refractivity contribution in [2.24, 2.45) is 0 Å². The molecule has 1 unspecified atom stereocenters. The van der Waals surface area contributed by atoms with E-state index in [0.29, 0.717) is 18.8 Å². The molecule has 1 saturated heterocycles. The number of hydrogen-bond donors (Lipinski definition) is 0. The van der Waals surface area contributed by atoms with Crippen LogP contribution in [0.4, 0.5) is 5.69 Å². The van der Waals surface area contributed by atoms with Crippen molar-refractivity contribution in [2.45, 2.75) is 19.9 Å². The minimum Gasteiger partial charge on any atom is -0.491 e. The second-order valence-electron chi connectivity index (χ2n) is 7.13. The topological polar surface area (TPSA) is 67.5 Å². The molecule has 0 aliphatic carbocycles. The molecule has 1 aromatic heterocycles. The van der Waals surface area contributed by atoms with E-state index in [0.717, 1.165) is 58.9 Å². The summed E-state index contributed by atoms with van der Waals surface area (Å²) >= 11 is 0. The first-order valence-electron chi connectivity index (χ1n) is 10.1. The van der Waals surface area contributed by atoms with Crippen LogP contribution >= 0.6 is 0 Å². The Morgan fingerprint density at radius 2 is 1.97 bits per heavy atom. The maximum Gasteiger partial charge on any atom is 0.121 e. The molecule has 0 saturated carbocycles. The lowest BCUT2D eigenvalue weighted by molar-refractivity contribution is 0.146. The van der Waals surface area contributed by atoms with Crippen LogP contribution in [0.3, 0.4) is 0 Å². The van der Waals surface area contributed by atoms with E-state index in [-0.39, 0.29) is 0 Å². The third-order valence-electron chi connectivity index (χ3n) is 5.37. The van der Waals surface area contributed by atoms with Gasteiger partial charge in [0.25, 0.3) is 0 Å². The first-order chi connectivity index (χ1) is 14.7. The number of aromatic nitrogens is 1. The number of anilines is 1. The summed E-state index contributed by atoms with van der Waals surface area (Å²) in [6.45, 7) is 4.62. The summed E-state index contributed by atoms with van der Waals surface area (Å²) < 4.78 is 27.1. The van der Waals surface area contributed by atoms with E-state index < -0.39 is 11.0 Å². The standard InChI is InChI=1S/C23H25N3O3S/c1-3-25-22-15-19(29-13-12-28-2)9-10-20(22)21(16-24)23(25)17-5-7-18(8-6-17)26-11-4-14-30(26)27/h5-10,15H,3-4,11-14H2,1-2H3. The summed E-state index contributed by atoms with van der Waals surface area (Å²) in [4.78, 5) is 0. The molecule has 3 aromatic rings. The highest BCUT2D eigenvalue weighted by atomic mass is 32.2. The quantitative estimate of drug-likeness (QED) is 0.537. The van der Waals surface area contributed by atoms with Crippen molar-refractivity contribution in [2.75, 3.05) is 36.9 Å². The van der Waals surface area contributed by atoms with Crippen LogP contribution in [0.25, 0.3) is 22.2 Å². The second kappa shape index (κ2) is 8.90. The van der Waals surface area contributed by atoms with Crippen LogP contribution in [0.2, 0.25) is 0 Å². The lowest BCUT2D eigenvalue weighted by Gasteiger charge is -2.16. The van der Waals surface area contributed by atoms with E-state index in [1.807, 2.05) is 46.8 Å². The molecule has 4 rings (SSSR count). The molecule has 1 aliphatic rings. The van der Waals surface area contributed by atoms with Crippen molar-refractivity contribution in [3.05, 3.63) is 48.0 Å². The molecule has 0 spiro atoms. The van der Waals surface area contributed by atoms with Crippen LogP contribution in [0.15, 0.2) is 42.5 Å². The number of methoxy groups -OCH3 is 1. The zero-order chi connectivity index (χ0) is 21.1. The first kappa shape index (κ1) is 20.5. The molecular formula is C23H25N3O3S. The van der Waals surface area contributed by atoms with Gasteiger partial charge in [0.1, 0.15) is 29.4 Å². The molecule has 1 fully saturated rings. The summed E-state index contributed by atoms with van der Waals surface area (Å²) in [5, 5.41) is 10.8. The molecule has 0 radical (unpaired) electrons. The molecule has 30 heavy (non-hydrogen) atoms. The molecular weight excluding hydrogens is 398 g/mol. The average Bonchev–Trinajstić information content (AvgIpc) is 3.34. The number of benzene rings is 2. The van der Waals surface area contributed by atoms with Gasteiger partial charge in [0.15, 0.2) is 0 Å². The van der Waals surface area contributed by atoms with Gasteiger partial charge in [0.2, 0.25) is 0 Å². The summed E-state index contributed by atoms with van der Waals surface area (Å²) in [7, 11) is 0.705. The van der Waals surface area contributed by atoms with Gasteiger partial charge in [-0.05, 0) is 43.2 Å². The number of fused-ring (bicyclic) bond motifs is 1.